The van der Waals surface area contributed by atoms with E-state index in [2.05, 4.69) is 4.98 Å². The summed E-state index contributed by atoms with van der Waals surface area (Å²) in [6, 6.07) is 3.29. The van der Waals surface area contributed by atoms with Gasteiger partial charge < -0.3 is 19.4 Å². The number of piperidine rings is 1. The summed E-state index contributed by atoms with van der Waals surface area (Å²) in [5, 5.41) is 0. The van der Waals surface area contributed by atoms with E-state index in [0.717, 1.165) is 42.9 Å². The predicted octanol–water partition coefficient (Wildman–Crippen LogP) is 2.92. The van der Waals surface area contributed by atoms with Gasteiger partial charge in [0, 0.05) is 44.9 Å². The van der Waals surface area contributed by atoms with Crippen LogP contribution >= 0.6 is 0 Å². The lowest BCUT2D eigenvalue weighted by Gasteiger charge is -2.42. The average Bonchev–Trinajstić information content (AvgIpc) is 2.84. The maximum atomic E-state index is 15.7. The SMILES string of the molecule is CCc1cc(OCCN(C)C)cc(F)c1C1(C(C)=O)CCN(c2nc3c(c(=O)[nH]2)CCCN3C)CC1. The fraction of sp³-hybridized carbons (Fsp3) is 0.593. The number of aromatic amines is 1. The molecule has 0 amide bonds. The summed E-state index contributed by atoms with van der Waals surface area (Å²) >= 11 is 0. The van der Waals surface area contributed by atoms with E-state index in [9.17, 15) is 9.59 Å². The van der Waals surface area contributed by atoms with Crippen LogP contribution < -0.4 is 20.1 Å². The van der Waals surface area contributed by atoms with E-state index in [1.807, 2.05) is 48.8 Å². The van der Waals surface area contributed by atoms with Crippen molar-refractivity contribution in [1.29, 1.82) is 0 Å². The van der Waals surface area contributed by atoms with Crippen LogP contribution in [0.2, 0.25) is 0 Å². The molecule has 1 aromatic heterocycles. The monoisotopic (exact) mass is 499 g/mol. The van der Waals surface area contributed by atoms with Gasteiger partial charge in [-0.1, -0.05) is 6.92 Å². The number of Topliss-reactive ketones (excluding diaryl/α,β-unsaturated/α-hetero) is 1. The van der Waals surface area contributed by atoms with E-state index in [-0.39, 0.29) is 17.2 Å². The second kappa shape index (κ2) is 10.6. The number of ketones is 1. The van der Waals surface area contributed by atoms with Gasteiger partial charge in [-0.05, 0) is 64.8 Å². The van der Waals surface area contributed by atoms with Gasteiger partial charge in [0.2, 0.25) is 5.95 Å². The molecule has 0 atom stereocenters. The summed E-state index contributed by atoms with van der Waals surface area (Å²) in [6.07, 6.45) is 3.16. The summed E-state index contributed by atoms with van der Waals surface area (Å²) < 4.78 is 21.5. The van der Waals surface area contributed by atoms with Crippen molar-refractivity contribution in [2.45, 2.75) is 51.4 Å². The van der Waals surface area contributed by atoms with Crippen LogP contribution in [0.5, 0.6) is 5.75 Å². The number of hydrogen-bond donors (Lipinski definition) is 1. The van der Waals surface area contributed by atoms with Crippen LogP contribution in [0.25, 0.3) is 0 Å². The molecule has 1 saturated heterocycles. The number of likely N-dealkylation sites (N-methyl/N-ethyl adjacent to an activating group) is 1. The summed E-state index contributed by atoms with van der Waals surface area (Å²) in [4.78, 5) is 39.6. The number of halogens is 1. The van der Waals surface area contributed by atoms with E-state index in [1.54, 1.807) is 6.92 Å². The van der Waals surface area contributed by atoms with Gasteiger partial charge in [0.25, 0.3) is 5.56 Å². The average molecular weight is 500 g/mol. The fourth-order valence-electron chi connectivity index (χ4n) is 5.52. The number of hydrogen-bond acceptors (Lipinski definition) is 7. The Bertz CT molecular complexity index is 1170. The van der Waals surface area contributed by atoms with Gasteiger partial charge in [-0.3, -0.25) is 14.6 Å². The lowest BCUT2D eigenvalue weighted by atomic mass is 9.68. The summed E-state index contributed by atoms with van der Waals surface area (Å²) in [7, 11) is 5.87. The van der Waals surface area contributed by atoms with Crippen molar-refractivity contribution in [2.24, 2.45) is 0 Å². The molecule has 196 valence electrons. The topological polar surface area (TPSA) is 81.8 Å². The number of aryl methyl sites for hydroxylation is 1. The zero-order valence-corrected chi connectivity index (χ0v) is 22.1. The van der Waals surface area contributed by atoms with Gasteiger partial charge in [0.15, 0.2) is 0 Å². The molecule has 0 aliphatic carbocycles. The lowest BCUT2D eigenvalue weighted by molar-refractivity contribution is -0.123. The van der Waals surface area contributed by atoms with Crippen molar-refractivity contribution < 1.29 is 13.9 Å². The molecule has 8 nitrogen and oxygen atoms in total. The number of nitrogens with zero attached hydrogens (tertiary/aromatic N) is 4. The Morgan fingerprint density at radius 3 is 2.61 bits per heavy atom. The summed E-state index contributed by atoms with van der Waals surface area (Å²) in [5.74, 6) is 1.31. The minimum Gasteiger partial charge on any atom is -0.492 e. The molecule has 2 aromatic rings. The number of fused-ring (bicyclic) bond motifs is 1. The first kappa shape index (κ1) is 26.1. The van der Waals surface area contributed by atoms with Gasteiger partial charge in [-0.2, -0.15) is 4.98 Å². The minimum absolute atomic E-state index is 0.0383. The third-order valence-corrected chi connectivity index (χ3v) is 7.67. The standard InChI is InChI=1S/C27H38FN5O3/c1-6-19-16-20(36-15-14-31(3)4)17-22(28)23(19)27(18(2)34)9-12-33(13-10-27)26-29-24-21(25(35)30-26)8-7-11-32(24)5/h16-17H,6-15H2,1-5H3,(H,29,30,35). The molecule has 2 aliphatic rings. The number of carbonyl (C=O) groups excluding carboxylic acids is 1. The third-order valence-electron chi connectivity index (χ3n) is 7.67. The molecule has 9 heteroatoms. The van der Waals surface area contributed by atoms with Crippen molar-refractivity contribution in [3.8, 4) is 5.75 Å². The van der Waals surface area contributed by atoms with Crippen LogP contribution in [0, 0.1) is 5.82 Å². The maximum Gasteiger partial charge on any atom is 0.257 e. The normalized spacial score (nSPS) is 17.3. The number of benzene rings is 1. The van der Waals surface area contributed by atoms with Crippen molar-refractivity contribution >= 4 is 17.5 Å². The number of H-pyrrole nitrogens is 1. The molecule has 2 aliphatic heterocycles. The molecule has 0 bridgehead atoms. The van der Waals surface area contributed by atoms with Crippen molar-refractivity contribution in [3.63, 3.8) is 0 Å². The van der Waals surface area contributed by atoms with Crippen LogP contribution in [0.3, 0.4) is 0 Å². The first-order valence-corrected chi connectivity index (χ1v) is 12.9. The molecule has 36 heavy (non-hydrogen) atoms. The molecular formula is C27H38FN5O3. The van der Waals surface area contributed by atoms with E-state index in [0.29, 0.717) is 56.2 Å². The highest BCUT2D eigenvalue weighted by Crippen LogP contribution is 2.42. The number of ether oxygens (including phenoxy) is 1. The first-order valence-electron chi connectivity index (χ1n) is 12.9. The van der Waals surface area contributed by atoms with Gasteiger partial charge in [-0.15, -0.1) is 0 Å². The Balaban J connectivity index is 1.60. The summed E-state index contributed by atoms with van der Waals surface area (Å²) in [6.45, 7) is 6.58. The molecule has 0 saturated carbocycles. The Morgan fingerprint density at radius 2 is 1.97 bits per heavy atom. The Morgan fingerprint density at radius 1 is 1.25 bits per heavy atom. The Hall–Kier alpha value is -2.94. The number of rotatable bonds is 8. The van der Waals surface area contributed by atoms with E-state index >= 15 is 4.39 Å². The number of nitrogens with one attached hydrogen (secondary N) is 1. The van der Waals surface area contributed by atoms with Crippen LogP contribution in [0.15, 0.2) is 16.9 Å². The first-order chi connectivity index (χ1) is 17.2. The van der Waals surface area contributed by atoms with Gasteiger partial charge in [-0.25, -0.2) is 4.39 Å². The fourth-order valence-corrected chi connectivity index (χ4v) is 5.52. The third kappa shape index (κ3) is 4.98. The second-order valence-electron chi connectivity index (χ2n) is 10.3. The van der Waals surface area contributed by atoms with Gasteiger partial charge in [0.05, 0.1) is 11.0 Å². The van der Waals surface area contributed by atoms with Gasteiger partial charge in [0.1, 0.15) is 29.8 Å². The van der Waals surface area contributed by atoms with Crippen LogP contribution in [-0.4, -0.2) is 74.6 Å². The molecule has 1 N–H and O–H groups in total. The highest BCUT2D eigenvalue weighted by molar-refractivity contribution is 5.89. The minimum atomic E-state index is -0.917. The van der Waals surface area contributed by atoms with E-state index < -0.39 is 5.41 Å². The quantitative estimate of drug-likeness (QED) is 0.598. The molecule has 0 radical (unpaired) electrons. The van der Waals surface area contributed by atoms with E-state index in [1.165, 1.54) is 6.07 Å². The molecule has 0 spiro atoms. The van der Waals surface area contributed by atoms with Crippen LogP contribution in [0.1, 0.15) is 49.8 Å². The number of carbonyl (C=O) groups is 1. The molecular weight excluding hydrogens is 461 g/mol. The number of anilines is 2. The number of aromatic nitrogens is 2. The van der Waals surface area contributed by atoms with Crippen LogP contribution in [0.4, 0.5) is 16.2 Å². The van der Waals surface area contributed by atoms with Crippen molar-refractivity contribution in [2.75, 3.05) is 63.7 Å². The highest BCUT2D eigenvalue weighted by atomic mass is 19.1. The predicted molar refractivity (Wildman–Crippen MR) is 140 cm³/mol. The largest absolute Gasteiger partial charge is 0.492 e. The van der Waals surface area contributed by atoms with E-state index in [4.69, 9.17) is 9.72 Å². The van der Waals surface area contributed by atoms with Crippen LogP contribution in [-0.2, 0) is 23.1 Å². The van der Waals surface area contributed by atoms with Gasteiger partial charge >= 0.3 is 0 Å². The smallest absolute Gasteiger partial charge is 0.257 e. The maximum absolute atomic E-state index is 15.7. The Labute approximate surface area is 212 Å². The molecule has 3 heterocycles. The molecule has 0 unspecified atom stereocenters. The summed E-state index contributed by atoms with van der Waals surface area (Å²) in [5.41, 5.74) is 1.00. The Kier molecular flexibility index (Phi) is 7.68. The van der Waals surface area contributed by atoms with Crippen molar-refractivity contribution in [1.82, 2.24) is 14.9 Å². The zero-order valence-electron chi connectivity index (χ0n) is 22.1. The molecule has 4 rings (SSSR count). The van der Waals surface area contributed by atoms with Crippen molar-refractivity contribution in [3.05, 3.63) is 45.0 Å². The molecule has 1 fully saturated rings. The zero-order chi connectivity index (χ0) is 26.0. The second-order valence-corrected chi connectivity index (χ2v) is 10.3. The highest BCUT2D eigenvalue weighted by Gasteiger charge is 2.44. The molecule has 1 aromatic carbocycles. The lowest BCUT2D eigenvalue weighted by Crippen LogP contribution is -2.48.